The smallest absolute Gasteiger partial charge is 0.158 e. The van der Waals surface area contributed by atoms with E-state index in [1.807, 2.05) is 6.07 Å². The Kier molecular flexibility index (Phi) is 3.61. The average Bonchev–Trinajstić information content (AvgIpc) is 2.15. The molecule has 0 aliphatic carbocycles. The maximum atomic E-state index is 11.0. The number of hydrogen-bond donors (Lipinski definition) is 1. The number of rotatable bonds is 3. The Morgan fingerprint density at radius 1 is 1.57 bits per heavy atom. The number of carbonyl (C=O) groups excluding carboxylic acids is 1. The van der Waals surface area contributed by atoms with Crippen LogP contribution in [0.15, 0.2) is 40.9 Å². The summed E-state index contributed by atoms with van der Waals surface area (Å²) in [4.78, 5) is 11.0. The highest BCUT2D eigenvalue weighted by Crippen LogP contribution is 2.23. The van der Waals surface area contributed by atoms with Gasteiger partial charge in [0.1, 0.15) is 6.10 Å². The van der Waals surface area contributed by atoms with Gasteiger partial charge < -0.3 is 5.11 Å². The van der Waals surface area contributed by atoms with Gasteiger partial charge in [0, 0.05) is 10.0 Å². The average molecular weight is 255 g/mol. The molecule has 0 aliphatic rings. The number of halogens is 1. The van der Waals surface area contributed by atoms with Crippen LogP contribution in [-0.2, 0) is 4.79 Å². The fourth-order valence-corrected chi connectivity index (χ4v) is 1.49. The predicted octanol–water partition coefficient (Wildman–Crippen LogP) is 2.63. The Morgan fingerprint density at radius 2 is 2.21 bits per heavy atom. The Labute approximate surface area is 91.4 Å². The lowest BCUT2D eigenvalue weighted by atomic mass is 10.0. The molecule has 2 nitrogen and oxygen atoms in total. The lowest BCUT2D eigenvalue weighted by molar-refractivity contribution is -0.114. The molecule has 0 saturated heterocycles. The van der Waals surface area contributed by atoms with Crippen LogP contribution in [0.1, 0.15) is 18.6 Å². The maximum absolute atomic E-state index is 11.0. The number of aliphatic hydroxyl groups is 1. The summed E-state index contributed by atoms with van der Waals surface area (Å²) in [5.74, 6) is -0.197. The molecule has 14 heavy (non-hydrogen) atoms. The molecule has 0 aliphatic heterocycles. The molecule has 1 rings (SSSR count). The van der Waals surface area contributed by atoms with E-state index in [4.69, 9.17) is 0 Å². The Hall–Kier alpha value is -0.930. The van der Waals surface area contributed by atoms with Gasteiger partial charge in [0.25, 0.3) is 0 Å². The van der Waals surface area contributed by atoms with Gasteiger partial charge in [-0.15, -0.1) is 0 Å². The Bertz CT molecular complexity index is 371. The van der Waals surface area contributed by atoms with E-state index in [0.29, 0.717) is 5.56 Å². The first kappa shape index (κ1) is 11.1. The number of benzene rings is 1. The van der Waals surface area contributed by atoms with Crippen molar-refractivity contribution in [2.45, 2.75) is 13.0 Å². The third-order valence-corrected chi connectivity index (χ3v) is 2.44. The molecule has 0 unspecified atom stereocenters. The highest BCUT2D eigenvalue weighted by molar-refractivity contribution is 9.10. The summed E-state index contributed by atoms with van der Waals surface area (Å²) in [6.45, 7) is 4.94. The summed E-state index contributed by atoms with van der Waals surface area (Å²) in [5.41, 5.74) is 0.877. The van der Waals surface area contributed by atoms with Gasteiger partial charge >= 0.3 is 0 Å². The number of Topliss-reactive ketones (excluding diaryl/α,β-unsaturated/α-hetero) is 1. The molecular formula is C11H11BrO2. The molecule has 0 bridgehead atoms. The number of carbonyl (C=O) groups is 1. The van der Waals surface area contributed by atoms with Crippen LogP contribution in [0.3, 0.4) is 0 Å². The molecule has 0 amide bonds. The van der Waals surface area contributed by atoms with E-state index in [1.165, 1.54) is 6.92 Å². The number of aliphatic hydroxyl groups excluding tert-OH is 1. The second-order valence-corrected chi connectivity index (χ2v) is 3.95. The lowest BCUT2D eigenvalue weighted by Gasteiger charge is -2.11. The summed E-state index contributed by atoms with van der Waals surface area (Å²) in [5, 5.41) is 9.74. The predicted molar refractivity (Wildman–Crippen MR) is 58.9 cm³/mol. The van der Waals surface area contributed by atoms with Crippen molar-refractivity contribution >= 4 is 21.7 Å². The van der Waals surface area contributed by atoms with E-state index in [1.54, 1.807) is 18.2 Å². The first-order chi connectivity index (χ1) is 6.52. The van der Waals surface area contributed by atoms with E-state index in [2.05, 4.69) is 22.5 Å². The lowest BCUT2D eigenvalue weighted by Crippen LogP contribution is -2.07. The maximum Gasteiger partial charge on any atom is 0.158 e. The largest absolute Gasteiger partial charge is 0.384 e. The van der Waals surface area contributed by atoms with Gasteiger partial charge in [0.15, 0.2) is 5.78 Å². The van der Waals surface area contributed by atoms with Gasteiger partial charge in [-0.3, -0.25) is 4.79 Å². The molecular weight excluding hydrogens is 244 g/mol. The topological polar surface area (TPSA) is 37.3 Å². The molecule has 1 aromatic carbocycles. The Morgan fingerprint density at radius 3 is 2.71 bits per heavy atom. The second kappa shape index (κ2) is 4.53. The van der Waals surface area contributed by atoms with Gasteiger partial charge in [-0.2, -0.15) is 0 Å². The van der Waals surface area contributed by atoms with Gasteiger partial charge in [0.2, 0.25) is 0 Å². The minimum Gasteiger partial charge on any atom is -0.384 e. The van der Waals surface area contributed by atoms with Crippen LogP contribution in [0.5, 0.6) is 0 Å². The van der Waals surface area contributed by atoms with E-state index >= 15 is 0 Å². The summed E-state index contributed by atoms with van der Waals surface area (Å²) < 4.78 is 0.866. The Balaban J connectivity index is 2.95. The molecule has 0 spiro atoms. The first-order valence-electron chi connectivity index (χ1n) is 4.15. The van der Waals surface area contributed by atoms with Crippen molar-refractivity contribution in [3.8, 4) is 0 Å². The molecule has 0 saturated carbocycles. The quantitative estimate of drug-likeness (QED) is 0.843. The summed E-state index contributed by atoms with van der Waals surface area (Å²) in [6.07, 6.45) is -0.912. The molecule has 0 aromatic heterocycles. The van der Waals surface area contributed by atoms with Gasteiger partial charge in [-0.25, -0.2) is 0 Å². The van der Waals surface area contributed by atoms with Crippen LogP contribution < -0.4 is 0 Å². The minimum absolute atomic E-state index is 0.197. The zero-order valence-corrected chi connectivity index (χ0v) is 9.41. The van der Waals surface area contributed by atoms with Gasteiger partial charge in [-0.1, -0.05) is 34.6 Å². The molecule has 3 heteroatoms. The van der Waals surface area contributed by atoms with Crippen LogP contribution in [0.4, 0.5) is 0 Å². The fourth-order valence-electron chi connectivity index (χ4n) is 1.07. The fraction of sp³-hybridized carbons (Fsp3) is 0.182. The monoisotopic (exact) mass is 254 g/mol. The van der Waals surface area contributed by atoms with Crippen LogP contribution in [-0.4, -0.2) is 10.9 Å². The van der Waals surface area contributed by atoms with Crippen molar-refractivity contribution in [2.75, 3.05) is 0 Å². The zero-order valence-electron chi connectivity index (χ0n) is 7.83. The van der Waals surface area contributed by atoms with E-state index in [0.717, 1.165) is 4.47 Å². The SMILES string of the molecule is C=C(C(C)=O)[C@@H](O)c1cccc(Br)c1. The van der Waals surface area contributed by atoms with Crippen molar-refractivity contribution in [1.29, 1.82) is 0 Å². The third kappa shape index (κ3) is 2.53. The van der Waals surface area contributed by atoms with Crippen molar-refractivity contribution in [1.82, 2.24) is 0 Å². The molecule has 1 N–H and O–H groups in total. The number of ketones is 1. The molecule has 0 heterocycles. The van der Waals surface area contributed by atoms with Crippen molar-refractivity contribution < 1.29 is 9.90 Å². The van der Waals surface area contributed by atoms with Crippen LogP contribution >= 0.6 is 15.9 Å². The van der Waals surface area contributed by atoms with E-state index in [9.17, 15) is 9.90 Å². The van der Waals surface area contributed by atoms with Crippen molar-refractivity contribution in [3.63, 3.8) is 0 Å². The second-order valence-electron chi connectivity index (χ2n) is 3.04. The zero-order chi connectivity index (χ0) is 10.7. The summed E-state index contributed by atoms with van der Waals surface area (Å²) >= 11 is 3.29. The molecule has 1 aromatic rings. The standard InChI is InChI=1S/C11H11BrO2/c1-7(8(2)13)11(14)9-4-3-5-10(12)6-9/h3-6,11,14H,1H2,2H3/t11-/m1/s1. The van der Waals surface area contributed by atoms with E-state index in [-0.39, 0.29) is 11.4 Å². The molecule has 0 fully saturated rings. The van der Waals surface area contributed by atoms with Gasteiger partial charge in [-0.05, 0) is 24.6 Å². The van der Waals surface area contributed by atoms with Crippen molar-refractivity contribution in [2.24, 2.45) is 0 Å². The molecule has 1 atom stereocenters. The highest BCUT2D eigenvalue weighted by Gasteiger charge is 2.14. The molecule has 0 radical (unpaired) electrons. The summed E-state index contributed by atoms with van der Waals surface area (Å²) in [7, 11) is 0. The minimum atomic E-state index is -0.912. The van der Waals surface area contributed by atoms with E-state index < -0.39 is 6.10 Å². The molecule has 74 valence electrons. The third-order valence-electron chi connectivity index (χ3n) is 1.95. The number of hydrogen-bond acceptors (Lipinski definition) is 2. The summed E-state index contributed by atoms with van der Waals surface area (Å²) in [6, 6.07) is 7.17. The normalized spacial score (nSPS) is 12.2. The van der Waals surface area contributed by atoms with Crippen LogP contribution in [0.2, 0.25) is 0 Å². The van der Waals surface area contributed by atoms with Crippen molar-refractivity contribution in [3.05, 3.63) is 46.5 Å². The van der Waals surface area contributed by atoms with Crippen LogP contribution in [0, 0.1) is 0 Å². The highest BCUT2D eigenvalue weighted by atomic mass is 79.9. The van der Waals surface area contributed by atoms with Gasteiger partial charge in [0.05, 0.1) is 0 Å². The van der Waals surface area contributed by atoms with Crippen LogP contribution in [0.25, 0.3) is 0 Å². The first-order valence-corrected chi connectivity index (χ1v) is 4.95.